The molecule has 0 radical (unpaired) electrons. The number of hydrogen-bond acceptors (Lipinski definition) is 7. The second-order valence-corrected chi connectivity index (χ2v) is 9.71. The van der Waals surface area contributed by atoms with Crippen LogP contribution in [0.1, 0.15) is 48.4 Å². The van der Waals surface area contributed by atoms with Crippen LogP contribution in [0.5, 0.6) is 5.75 Å². The number of esters is 1. The Morgan fingerprint density at radius 3 is 2.49 bits per heavy atom. The molecule has 1 aliphatic rings. The van der Waals surface area contributed by atoms with E-state index < -0.39 is 58.8 Å². The number of anilines is 1. The molecule has 0 fully saturated rings. The van der Waals surface area contributed by atoms with E-state index in [1.165, 1.54) is 16.7 Å². The van der Waals surface area contributed by atoms with Crippen molar-refractivity contribution in [2.24, 2.45) is 0 Å². The fraction of sp³-hybridized carbons (Fsp3) is 0.360. The summed E-state index contributed by atoms with van der Waals surface area (Å²) in [4.78, 5) is 44.0. The van der Waals surface area contributed by atoms with Gasteiger partial charge in [-0.2, -0.15) is 13.2 Å². The van der Waals surface area contributed by atoms with Gasteiger partial charge < -0.3 is 20.1 Å². The second-order valence-electron chi connectivity index (χ2n) is 9.71. The summed E-state index contributed by atoms with van der Waals surface area (Å²) in [5.41, 5.74) is -2.12. The molecular weight excluding hydrogens is 493 g/mol. The Morgan fingerprint density at radius 2 is 1.89 bits per heavy atom. The van der Waals surface area contributed by atoms with Gasteiger partial charge in [0, 0.05) is 25.2 Å². The highest BCUT2D eigenvalue weighted by atomic mass is 19.4. The molecule has 196 valence electrons. The maximum Gasteiger partial charge on any atom is 0.433 e. The Bertz CT molecular complexity index is 1440. The molecule has 0 bridgehead atoms. The van der Waals surface area contributed by atoms with E-state index in [0.717, 1.165) is 12.3 Å². The highest BCUT2D eigenvalue weighted by Gasteiger charge is 2.35. The highest BCUT2D eigenvalue weighted by Crippen LogP contribution is 2.39. The molecule has 2 aromatic heterocycles. The number of benzene rings is 1. The van der Waals surface area contributed by atoms with Crippen molar-refractivity contribution in [1.82, 2.24) is 14.9 Å². The van der Waals surface area contributed by atoms with Crippen LogP contribution in [0.3, 0.4) is 0 Å². The number of halogens is 3. The van der Waals surface area contributed by atoms with Gasteiger partial charge in [-0.1, -0.05) is 12.1 Å². The average molecular weight is 518 g/mol. The number of ether oxygens (including phenoxy) is 1. The molecule has 3 heterocycles. The number of rotatable bonds is 4. The van der Waals surface area contributed by atoms with Crippen molar-refractivity contribution in [3.63, 3.8) is 0 Å². The summed E-state index contributed by atoms with van der Waals surface area (Å²) in [5.74, 6) is -2.30. The van der Waals surface area contributed by atoms with E-state index in [9.17, 15) is 32.7 Å². The van der Waals surface area contributed by atoms with Crippen LogP contribution in [-0.2, 0) is 15.7 Å². The second kappa shape index (κ2) is 9.09. The Balaban J connectivity index is 1.82. The molecule has 0 aliphatic carbocycles. The predicted molar refractivity (Wildman–Crippen MR) is 129 cm³/mol. The fourth-order valence-corrected chi connectivity index (χ4v) is 4.33. The number of nitrogens with zero attached hydrogens (tertiary/aromatic N) is 3. The van der Waals surface area contributed by atoms with E-state index in [-0.39, 0.29) is 11.9 Å². The van der Waals surface area contributed by atoms with Gasteiger partial charge in [-0.05, 0) is 44.5 Å². The van der Waals surface area contributed by atoms with Crippen LogP contribution in [0.4, 0.5) is 18.9 Å². The molecule has 1 aromatic carbocycles. The fourth-order valence-electron chi connectivity index (χ4n) is 4.33. The minimum absolute atomic E-state index is 0.183. The summed E-state index contributed by atoms with van der Waals surface area (Å²) in [6.45, 7) is 4.61. The third-order valence-corrected chi connectivity index (χ3v) is 5.85. The van der Waals surface area contributed by atoms with Gasteiger partial charge in [0.05, 0.1) is 17.2 Å². The third kappa shape index (κ3) is 4.95. The highest BCUT2D eigenvalue weighted by molar-refractivity contribution is 6.05. The van der Waals surface area contributed by atoms with Gasteiger partial charge in [-0.25, -0.2) is 0 Å². The smallest absolute Gasteiger partial charge is 0.433 e. The van der Waals surface area contributed by atoms with Gasteiger partial charge in [0.2, 0.25) is 0 Å². The lowest BCUT2D eigenvalue weighted by atomic mass is 9.99. The number of alkyl halides is 3. The molecule has 1 amide bonds. The van der Waals surface area contributed by atoms with Crippen LogP contribution in [-0.4, -0.2) is 52.3 Å². The first-order valence-corrected chi connectivity index (χ1v) is 11.3. The van der Waals surface area contributed by atoms with E-state index in [1.807, 2.05) is 0 Å². The monoisotopic (exact) mass is 518 g/mol. The van der Waals surface area contributed by atoms with Crippen LogP contribution in [0.25, 0.3) is 10.9 Å². The zero-order chi connectivity index (χ0) is 27.3. The van der Waals surface area contributed by atoms with Crippen molar-refractivity contribution in [1.29, 1.82) is 0 Å². The molecule has 1 atom stereocenters. The molecule has 37 heavy (non-hydrogen) atoms. The molecule has 1 aliphatic heterocycles. The molecule has 3 aromatic rings. The number of pyridine rings is 2. The van der Waals surface area contributed by atoms with E-state index >= 15 is 0 Å². The topological polar surface area (TPSA) is 114 Å². The lowest BCUT2D eigenvalue weighted by Gasteiger charge is -2.35. The van der Waals surface area contributed by atoms with Gasteiger partial charge in [0.1, 0.15) is 29.2 Å². The number of aromatic hydroxyl groups is 1. The van der Waals surface area contributed by atoms with Crippen LogP contribution < -0.4 is 15.8 Å². The molecule has 0 spiro atoms. The first-order chi connectivity index (χ1) is 17.2. The predicted octanol–water partition coefficient (Wildman–Crippen LogP) is 3.23. The minimum Gasteiger partial charge on any atom is -0.506 e. The number of amides is 1. The van der Waals surface area contributed by atoms with E-state index in [0.29, 0.717) is 16.8 Å². The Kier molecular flexibility index (Phi) is 6.39. The van der Waals surface area contributed by atoms with Crippen molar-refractivity contribution >= 4 is 28.5 Å². The number of para-hydroxylation sites is 1. The van der Waals surface area contributed by atoms with Gasteiger partial charge in [0.15, 0.2) is 0 Å². The van der Waals surface area contributed by atoms with Crippen molar-refractivity contribution in [3.8, 4) is 5.75 Å². The maximum absolute atomic E-state index is 13.7. The summed E-state index contributed by atoms with van der Waals surface area (Å²) < 4.78 is 45.6. The molecule has 1 unspecified atom stereocenters. The lowest BCUT2D eigenvalue weighted by Crippen LogP contribution is -2.42. The molecule has 4 rings (SSSR count). The first-order valence-electron chi connectivity index (χ1n) is 11.3. The molecular formula is C25H25F3N4O5. The Morgan fingerprint density at radius 1 is 1.19 bits per heavy atom. The van der Waals surface area contributed by atoms with Crippen LogP contribution in [0.2, 0.25) is 0 Å². The number of likely N-dealkylation sites (N-methyl/N-ethyl adjacent to an activating group) is 1. The number of carbonyl (C=O) groups is 2. The van der Waals surface area contributed by atoms with Crippen LogP contribution in [0.15, 0.2) is 41.3 Å². The van der Waals surface area contributed by atoms with E-state index in [2.05, 4.69) is 10.3 Å². The summed E-state index contributed by atoms with van der Waals surface area (Å²) in [6.07, 6.45) is -3.58. The summed E-state index contributed by atoms with van der Waals surface area (Å²) >= 11 is 0. The zero-order valence-electron chi connectivity index (χ0n) is 20.5. The zero-order valence-corrected chi connectivity index (χ0v) is 20.5. The molecule has 0 saturated carbocycles. The van der Waals surface area contributed by atoms with Crippen LogP contribution >= 0.6 is 0 Å². The summed E-state index contributed by atoms with van der Waals surface area (Å²) in [7, 11) is 1.74. The summed E-state index contributed by atoms with van der Waals surface area (Å²) in [5, 5.41) is 13.4. The normalized spacial score (nSPS) is 15.5. The third-order valence-electron chi connectivity index (χ3n) is 5.85. The largest absolute Gasteiger partial charge is 0.506 e. The van der Waals surface area contributed by atoms with Gasteiger partial charge in [-0.3, -0.25) is 23.9 Å². The van der Waals surface area contributed by atoms with E-state index in [1.54, 1.807) is 44.9 Å². The standard InChI is InChI=1S/C25H25F3N4O5/c1-24(2,3)37-18(33)11-30-22(35)19-21(34)14-6-5-7-15-20(14)32(23(19)36)16(12-31(15)4)13-8-9-17(29-10-13)25(26,27)28/h5-10,16,34H,11-12H2,1-4H3,(H,30,35). The molecule has 2 N–H and O–H groups in total. The molecule has 0 saturated heterocycles. The van der Waals surface area contributed by atoms with Crippen molar-refractivity contribution < 1.29 is 32.6 Å². The lowest BCUT2D eigenvalue weighted by molar-refractivity contribution is -0.153. The van der Waals surface area contributed by atoms with Gasteiger partial charge in [0.25, 0.3) is 11.5 Å². The van der Waals surface area contributed by atoms with Gasteiger partial charge in [-0.15, -0.1) is 0 Å². The minimum atomic E-state index is -4.63. The maximum atomic E-state index is 13.7. The quantitative estimate of drug-likeness (QED) is 0.510. The van der Waals surface area contributed by atoms with E-state index in [4.69, 9.17) is 4.74 Å². The average Bonchev–Trinajstić information content (AvgIpc) is 2.80. The van der Waals surface area contributed by atoms with Crippen molar-refractivity contribution in [3.05, 3.63) is 63.7 Å². The number of carbonyl (C=O) groups excluding carboxylic acids is 2. The van der Waals surface area contributed by atoms with Crippen molar-refractivity contribution in [2.75, 3.05) is 25.0 Å². The number of hydrogen-bond donors (Lipinski definition) is 2. The first kappa shape index (κ1) is 26.0. The Labute approximate surface area is 209 Å². The number of nitrogens with one attached hydrogen (secondary N) is 1. The van der Waals surface area contributed by atoms with Crippen molar-refractivity contribution in [2.45, 2.75) is 38.6 Å². The molecule has 12 heteroatoms. The number of aromatic nitrogens is 2. The Hall–Kier alpha value is -4.09. The van der Waals surface area contributed by atoms with Crippen LogP contribution in [0, 0.1) is 0 Å². The molecule has 9 nitrogen and oxygen atoms in total. The SMILES string of the molecule is CN1CC(c2ccc(C(F)(F)F)nc2)n2c(=O)c(C(=O)NCC(=O)OC(C)(C)C)c(O)c3cccc1c32. The summed E-state index contributed by atoms with van der Waals surface area (Å²) in [6, 6.07) is 6.13. The van der Waals surface area contributed by atoms with Gasteiger partial charge >= 0.3 is 12.1 Å².